The third-order valence-electron chi connectivity index (χ3n) is 2.91. The number of methoxy groups -OCH3 is 1. The van der Waals surface area contributed by atoms with E-state index in [4.69, 9.17) is 4.74 Å². The summed E-state index contributed by atoms with van der Waals surface area (Å²) in [5.74, 6) is 0.955. The summed E-state index contributed by atoms with van der Waals surface area (Å²) in [4.78, 5) is 11.4. The molecule has 1 saturated carbocycles. The van der Waals surface area contributed by atoms with Crippen molar-refractivity contribution in [3.8, 4) is 0 Å². The Morgan fingerprint density at radius 3 is 2.36 bits per heavy atom. The largest absolute Gasteiger partial charge is 0.468 e. The van der Waals surface area contributed by atoms with E-state index in [1.165, 1.54) is 20.0 Å². The highest BCUT2D eigenvalue weighted by Crippen LogP contribution is 2.27. The van der Waals surface area contributed by atoms with Crippen LogP contribution < -0.4 is 5.32 Å². The predicted molar refractivity (Wildman–Crippen MR) is 56.0 cm³/mol. The molecule has 3 heteroatoms. The lowest BCUT2D eigenvalue weighted by Crippen LogP contribution is -2.51. The van der Waals surface area contributed by atoms with Gasteiger partial charge in [0.1, 0.15) is 6.04 Å². The van der Waals surface area contributed by atoms with Crippen molar-refractivity contribution in [3.05, 3.63) is 0 Å². The topological polar surface area (TPSA) is 38.3 Å². The van der Waals surface area contributed by atoms with E-state index in [1.54, 1.807) is 0 Å². The summed E-state index contributed by atoms with van der Waals surface area (Å²) in [6, 6.07) is 0.369. The molecule has 0 unspecified atom stereocenters. The summed E-state index contributed by atoms with van der Waals surface area (Å²) >= 11 is 0. The maximum Gasteiger partial charge on any atom is 0.323 e. The molecule has 0 bridgehead atoms. The Morgan fingerprint density at radius 2 is 2.00 bits per heavy atom. The van der Waals surface area contributed by atoms with E-state index in [9.17, 15) is 4.79 Å². The molecule has 82 valence electrons. The number of carbonyl (C=O) groups excluding carboxylic acids is 1. The highest BCUT2D eigenvalue weighted by molar-refractivity contribution is 5.76. The lowest BCUT2D eigenvalue weighted by molar-refractivity contribution is -0.144. The van der Waals surface area contributed by atoms with E-state index < -0.39 is 0 Å². The second kappa shape index (κ2) is 4.78. The quantitative estimate of drug-likeness (QED) is 0.698. The van der Waals surface area contributed by atoms with Crippen molar-refractivity contribution in [2.24, 2.45) is 11.8 Å². The highest BCUT2D eigenvalue weighted by atomic mass is 16.5. The molecule has 0 amide bonds. The van der Waals surface area contributed by atoms with Crippen LogP contribution in [0, 0.1) is 11.8 Å². The molecule has 1 fully saturated rings. The van der Waals surface area contributed by atoms with E-state index in [-0.39, 0.29) is 12.0 Å². The first-order chi connectivity index (χ1) is 6.54. The van der Waals surface area contributed by atoms with Crippen LogP contribution in [0.3, 0.4) is 0 Å². The summed E-state index contributed by atoms with van der Waals surface area (Å²) < 4.78 is 4.77. The third kappa shape index (κ3) is 2.71. The Bertz CT molecular complexity index is 197. The number of esters is 1. The van der Waals surface area contributed by atoms with Gasteiger partial charge in [-0.2, -0.15) is 0 Å². The van der Waals surface area contributed by atoms with E-state index in [0.717, 1.165) is 5.92 Å². The van der Waals surface area contributed by atoms with Crippen molar-refractivity contribution in [2.75, 3.05) is 7.11 Å². The van der Waals surface area contributed by atoms with Crippen molar-refractivity contribution >= 4 is 5.97 Å². The summed E-state index contributed by atoms with van der Waals surface area (Å²) in [6.07, 6.45) is 2.36. The van der Waals surface area contributed by atoms with Crippen molar-refractivity contribution in [1.29, 1.82) is 0 Å². The van der Waals surface area contributed by atoms with Crippen LogP contribution in [0.15, 0.2) is 0 Å². The summed E-state index contributed by atoms with van der Waals surface area (Å²) in [6.45, 7) is 6.31. The average Bonchev–Trinajstić information content (AvgIpc) is 2.08. The number of rotatable bonds is 4. The first-order valence-corrected chi connectivity index (χ1v) is 5.38. The van der Waals surface area contributed by atoms with Gasteiger partial charge in [0.15, 0.2) is 0 Å². The van der Waals surface area contributed by atoms with Gasteiger partial charge in [0, 0.05) is 6.04 Å². The van der Waals surface area contributed by atoms with Crippen molar-refractivity contribution < 1.29 is 9.53 Å². The second-order valence-electron chi connectivity index (χ2n) is 4.69. The highest BCUT2D eigenvalue weighted by Gasteiger charge is 2.31. The molecular weight excluding hydrogens is 178 g/mol. The van der Waals surface area contributed by atoms with Crippen LogP contribution in [-0.4, -0.2) is 25.2 Å². The predicted octanol–water partition coefficient (Wildman–Crippen LogP) is 1.57. The molecule has 0 radical (unpaired) electrons. The van der Waals surface area contributed by atoms with Gasteiger partial charge in [-0.05, 0) is 24.7 Å². The Kier molecular flexibility index (Phi) is 3.93. The minimum absolute atomic E-state index is 0.139. The fourth-order valence-electron chi connectivity index (χ4n) is 1.95. The smallest absolute Gasteiger partial charge is 0.323 e. The average molecular weight is 199 g/mol. The molecule has 0 aromatic carbocycles. The van der Waals surface area contributed by atoms with Gasteiger partial charge < -0.3 is 10.1 Å². The third-order valence-corrected chi connectivity index (χ3v) is 2.91. The minimum Gasteiger partial charge on any atom is -0.468 e. The fourth-order valence-corrected chi connectivity index (χ4v) is 1.95. The lowest BCUT2D eigenvalue weighted by atomic mass is 9.81. The standard InChI is InChI=1S/C11H21NO2/c1-7(2)10(11(13)14-4)12-9-5-8(3)6-9/h7-10,12H,5-6H2,1-4H3/t8?,9?,10-/m0/s1. The van der Waals surface area contributed by atoms with Gasteiger partial charge in [0.05, 0.1) is 7.11 Å². The zero-order chi connectivity index (χ0) is 10.7. The van der Waals surface area contributed by atoms with Gasteiger partial charge in [0.2, 0.25) is 0 Å². The summed E-state index contributed by atoms with van der Waals surface area (Å²) in [5.41, 5.74) is 0. The summed E-state index contributed by atoms with van der Waals surface area (Å²) in [7, 11) is 1.45. The molecule has 1 N–H and O–H groups in total. The molecule has 0 saturated heterocycles. The molecule has 1 aliphatic carbocycles. The molecule has 0 heterocycles. The first-order valence-electron chi connectivity index (χ1n) is 5.38. The Hall–Kier alpha value is -0.570. The molecule has 1 atom stereocenters. The normalized spacial score (nSPS) is 28.4. The SMILES string of the molecule is COC(=O)[C@@H](NC1CC(C)C1)C(C)C. The van der Waals surface area contributed by atoms with Crippen molar-refractivity contribution in [3.63, 3.8) is 0 Å². The molecule has 0 aliphatic heterocycles. The minimum atomic E-state index is -0.141. The van der Waals surface area contributed by atoms with Crippen LogP contribution in [-0.2, 0) is 9.53 Å². The van der Waals surface area contributed by atoms with E-state index in [0.29, 0.717) is 12.0 Å². The molecule has 0 aromatic rings. The van der Waals surface area contributed by atoms with E-state index in [2.05, 4.69) is 12.2 Å². The van der Waals surface area contributed by atoms with Gasteiger partial charge in [0.25, 0.3) is 0 Å². The maximum absolute atomic E-state index is 11.4. The zero-order valence-corrected chi connectivity index (χ0v) is 9.54. The monoisotopic (exact) mass is 199 g/mol. The molecule has 0 aromatic heterocycles. The van der Waals surface area contributed by atoms with Crippen LogP contribution in [0.5, 0.6) is 0 Å². The molecule has 0 spiro atoms. The van der Waals surface area contributed by atoms with E-state index >= 15 is 0 Å². The molecular formula is C11H21NO2. The number of hydrogen-bond acceptors (Lipinski definition) is 3. The Labute approximate surface area is 86.2 Å². The van der Waals surface area contributed by atoms with Crippen molar-refractivity contribution in [2.45, 2.75) is 45.7 Å². The van der Waals surface area contributed by atoms with Crippen LogP contribution >= 0.6 is 0 Å². The zero-order valence-electron chi connectivity index (χ0n) is 9.54. The number of carbonyl (C=O) groups is 1. The van der Waals surface area contributed by atoms with E-state index in [1.807, 2.05) is 13.8 Å². The van der Waals surface area contributed by atoms with Crippen LogP contribution in [0.25, 0.3) is 0 Å². The molecule has 1 rings (SSSR count). The maximum atomic E-state index is 11.4. The van der Waals surface area contributed by atoms with Crippen LogP contribution in [0.4, 0.5) is 0 Å². The lowest BCUT2D eigenvalue weighted by Gasteiger charge is -2.36. The Balaban J connectivity index is 2.40. The van der Waals surface area contributed by atoms with Gasteiger partial charge in [-0.15, -0.1) is 0 Å². The van der Waals surface area contributed by atoms with Gasteiger partial charge in [-0.25, -0.2) is 0 Å². The number of ether oxygens (including phenoxy) is 1. The summed E-state index contributed by atoms with van der Waals surface area (Å²) in [5, 5.41) is 3.36. The molecule has 14 heavy (non-hydrogen) atoms. The number of hydrogen-bond donors (Lipinski definition) is 1. The van der Waals surface area contributed by atoms with Gasteiger partial charge >= 0.3 is 5.97 Å². The van der Waals surface area contributed by atoms with Gasteiger partial charge in [-0.1, -0.05) is 20.8 Å². The van der Waals surface area contributed by atoms with Crippen molar-refractivity contribution in [1.82, 2.24) is 5.32 Å². The molecule has 1 aliphatic rings. The van der Waals surface area contributed by atoms with Crippen LogP contribution in [0.1, 0.15) is 33.6 Å². The fraction of sp³-hybridized carbons (Fsp3) is 0.909. The Morgan fingerprint density at radius 1 is 1.43 bits per heavy atom. The van der Waals surface area contributed by atoms with Gasteiger partial charge in [-0.3, -0.25) is 4.79 Å². The molecule has 3 nitrogen and oxygen atoms in total. The first kappa shape index (κ1) is 11.5. The number of nitrogens with one attached hydrogen (secondary N) is 1. The van der Waals surface area contributed by atoms with Crippen LogP contribution in [0.2, 0.25) is 0 Å². The second-order valence-corrected chi connectivity index (χ2v) is 4.69.